The van der Waals surface area contributed by atoms with E-state index in [2.05, 4.69) is 31.4 Å². The first-order valence-corrected chi connectivity index (χ1v) is 14.3. The van der Waals surface area contributed by atoms with Gasteiger partial charge in [-0.05, 0) is 38.6 Å². The van der Waals surface area contributed by atoms with E-state index in [4.69, 9.17) is 35.1 Å². The van der Waals surface area contributed by atoms with Crippen LogP contribution in [0.15, 0.2) is 5.11 Å². The largest absolute Gasteiger partial charge is 0.481 e. The van der Waals surface area contributed by atoms with Gasteiger partial charge in [-0.15, -0.1) is 0 Å². The van der Waals surface area contributed by atoms with Gasteiger partial charge in [-0.25, -0.2) is 0 Å². The SMILES string of the molecule is CC(=O)N[C@@H](CCCCN=[N+]=N)C(=O)N[C@@H](CCCCN[NH+]=[N-])C(=O)NCCOCCOCCOCCOCCC(=O)O. The van der Waals surface area contributed by atoms with E-state index in [0.29, 0.717) is 91.3 Å². The normalized spacial score (nSPS) is 11.9. The minimum absolute atomic E-state index is 0.0447. The Balaban J connectivity index is 4.41. The Labute approximate surface area is 251 Å². The number of unbranched alkanes of at least 4 members (excludes halogenated alkanes) is 2. The third-order valence-corrected chi connectivity index (χ3v) is 5.64. The van der Waals surface area contributed by atoms with Crippen LogP contribution in [0.5, 0.6) is 0 Å². The number of rotatable bonds is 30. The van der Waals surface area contributed by atoms with Crippen LogP contribution in [0.1, 0.15) is 51.9 Å². The number of nitrogens with one attached hydrogen (secondary N) is 6. The molecule has 0 heterocycles. The molecule has 0 fully saturated rings. The number of hydrogen-bond acceptors (Lipinski definition) is 10. The van der Waals surface area contributed by atoms with Crippen LogP contribution in [0.4, 0.5) is 0 Å². The van der Waals surface area contributed by atoms with Crippen molar-refractivity contribution in [3.8, 4) is 0 Å². The van der Waals surface area contributed by atoms with E-state index in [9.17, 15) is 19.2 Å². The summed E-state index contributed by atoms with van der Waals surface area (Å²) in [6.07, 6.45) is 2.99. The molecule has 18 heteroatoms. The van der Waals surface area contributed by atoms with Gasteiger partial charge in [-0.3, -0.25) is 24.6 Å². The van der Waals surface area contributed by atoms with Crippen molar-refractivity contribution in [2.45, 2.75) is 64.0 Å². The number of nitrogens with zero attached hydrogens (tertiary/aromatic N) is 3. The fraction of sp³-hybridized carbons (Fsp3) is 0.840. The molecule has 2 atom stereocenters. The zero-order chi connectivity index (χ0) is 32.0. The molecule has 3 amide bonds. The monoisotopic (exact) mass is 618 g/mol. The van der Waals surface area contributed by atoms with E-state index in [-0.39, 0.29) is 38.0 Å². The molecule has 0 rings (SSSR count). The highest BCUT2D eigenvalue weighted by atomic mass is 16.6. The number of aliphatic carboxylic acids is 1. The van der Waals surface area contributed by atoms with Gasteiger partial charge in [-0.2, -0.15) is 10.8 Å². The van der Waals surface area contributed by atoms with Gasteiger partial charge >= 0.3 is 5.97 Å². The molecule has 0 aromatic heterocycles. The van der Waals surface area contributed by atoms with Crippen molar-refractivity contribution in [3.05, 3.63) is 5.53 Å². The number of hydrazine groups is 1. The van der Waals surface area contributed by atoms with Crippen molar-refractivity contribution in [1.82, 2.24) is 26.3 Å². The average molecular weight is 619 g/mol. The number of carbonyl (C=O) groups is 4. The summed E-state index contributed by atoms with van der Waals surface area (Å²) >= 11 is 0. The summed E-state index contributed by atoms with van der Waals surface area (Å²) in [5.74, 6) is -2.14. The van der Waals surface area contributed by atoms with Crippen LogP contribution in [-0.4, -0.2) is 113 Å². The fourth-order valence-electron chi connectivity index (χ4n) is 3.54. The van der Waals surface area contributed by atoms with Crippen LogP contribution in [0.2, 0.25) is 0 Å². The molecule has 0 radical (unpaired) electrons. The van der Waals surface area contributed by atoms with Gasteiger partial charge in [-0.1, -0.05) is 6.42 Å². The minimum atomic E-state index is -0.910. The third-order valence-electron chi connectivity index (χ3n) is 5.64. The first-order chi connectivity index (χ1) is 20.8. The topological polar surface area (TPSA) is 260 Å². The Bertz CT molecular complexity index is 845. The van der Waals surface area contributed by atoms with Crippen molar-refractivity contribution in [3.63, 3.8) is 0 Å². The standard InChI is InChI=1S/C25H47N9O9/c1-20(35)31-22(7-3-5-10-30-34-27)25(39)32-21(6-2-4-9-29-33-26)24(38)28-11-13-41-15-17-43-19-18-42-16-14-40-12-8-23(36)37/h21-22,27,33H,2-19H2,1H3,(H4-2,26,28,29,31,32,35,36,37,38,39)/p+1/t21-,22-/m0/s1. The van der Waals surface area contributed by atoms with Crippen molar-refractivity contribution >= 4 is 23.7 Å². The molecule has 0 spiro atoms. The predicted octanol–water partition coefficient (Wildman–Crippen LogP) is -1.87. The van der Waals surface area contributed by atoms with Gasteiger partial charge in [0.1, 0.15) is 29.3 Å². The zero-order valence-electron chi connectivity index (χ0n) is 24.9. The summed E-state index contributed by atoms with van der Waals surface area (Å²) in [6, 6.07) is -1.67. The van der Waals surface area contributed by atoms with Gasteiger partial charge in [0.2, 0.25) is 22.6 Å². The van der Waals surface area contributed by atoms with Gasteiger partial charge in [0, 0.05) is 13.5 Å². The molecule has 0 unspecified atom stereocenters. The summed E-state index contributed by atoms with van der Waals surface area (Å²) in [6.45, 7) is 4.70. The summed E-state index contributed by atoms with van der Waals surface area (Å²) in [4.78, 5) is 50.8. The van der Waals surface area contributed by atoms with E-state index >= 15 is 0 Å². The van der Waals surface area contributed by atoms with E-state index in [1.165, 1.54) is 6.92 Å². The Morgan fingerprint density at radius 1 is 0.814 bits per heavy atom. The lowest BCUT2D eigenvalue weighted by Crippen LogP contribution is -2.75. The van der Waals surface area contributed by atoms with Gasteiger partial charge in [0.25, 0.3) is 0 Å². The molecule has 246 valence electrons. The molecule has 0 aromatic rings. The molecule has 43 heavy (non-hydrogen) atoms. The fourth-order valence-corrected chi connectivity index (χ4v) is 3.54. The second-order valence-electron chi connectivity index (χ2n) is 9.19. The lowest BCUT2D eigenvalue weighted by Gasteiger charge is -2.23. The molecular weight excluding hydrogens is 570 g/mol. The van der Waals surface area contributed by atoms with Crippen LogP contribution in [0.3, 0.4) is 0 Å². The first kappa shape index (κ1) is 39.4. The molecule has 18 nitrogen and oxygen atoms in total. The van der Waals surface area contributed by atoms with Crippen LogP contribution in [0.25, 0.3) is 5.53 Å². The highest BCUT2D eigenvalue weighted by Crippen LogP contribution is 2.06. The second kappa shape index (κ2) is 28.5. The summed E-state index contributed by atoms with van der Waals surface area (Å²) in [5, 5.41) is 22.0. The van der Waals surface area contributed by atoms with Crippen LogP contribution in [0, 0.1) is 5.53 Å². The van der Waals surface area contributed by atoms with E-state index in [0.717, 1.165) is 0 Å². The number of amides is 3. The molecule has 0 aliphatic carbocycles. The summed E-state index contributed by atoms with van der Waals surface area (Å²) in [5.41, 5.74) is 17.9. The molecule has 7 N–H and O–H groups in total. The average Bonchev–Trinajstić information content (AvgIpc) is 2.97. The number of carboxylic acid groups (broad SMARTS) is 1. The lowest BCUT2D eigenvalue weighted by molar-refractivity contribution is -0.548. The molecule has 0 bridgehead atoms. The molecule has 0 saturated carbocycles. The number of carboxylic acids is 1. The van der Waals surface area contributed by atoms with Crippen molar-refractivity contribution in [1.29, 1.82) is 5.53 Å². The van der Waals surface area contributed by atoms with Gasteiger partial charge in [0.05, 0.1) is 59.3 Å². The van der Waals surface area contributed by atoms with Crippen molar-refractivity contribution in [2.24, 2.45) is 5.11 Å². The third kappa shape index (κ3) is 25.8. The molecular formula is C25H48N9O9+. The van der Waals surface area contributed by atoms with Gasteiger partial charge < -0.3 is 40.0 Å². The number of hydrogen-bond donors (Lipinski definition) is 7. The highest BCUT2D eigenvalue weighted by Gasteiger charge is 2.25. The molecule has 0 saturated heterocycles. The quantitative estimate of drug-likeness (QED) is 0.0204. The predicted molar refractivity (Wildman–Crippen MR) is 150 cm³/mol. The van der Waals surface area contributed by atoms with E-state index < -0.39 is 24.0 Å². The first-order valence-electron chi connectivity index (χ1n) is 14.3. The zero-order valence-corrected chi connectivity index (χ0v) is 24.9. The Hall–Kier alpha value is -3.57. The maximum atomic E-state index is 13.0. The number of ether oxygens (including phenoxy) is 4. The van der Waals surface area contributed by atoms with Gasteiger partial charge in [0.15, 0.2) is 0 Å². The summed E-state index contributed by atoms with van der Waals surface area (Å²) in [7, 11) is 0. The van der Waals surface area contributed by atoms with Crippen molar-refractivity contribution in [2.75, 3.05) is 72.5 Å². The van der Waals surface area contributed by atoms with Crippen molar-refractivity contribution < 1.29 is 48.5 Å². The Morgan fingerprint density at radius 2 is 1.37 bits per heavy atom. The lowest BCUT2D eigenvalue weighted by atomic mass is 10.1. The summed E-state index contributed by atoms with van der Waals surface area (Å²) < 4.78 is 21.3. The maximum absolute atomic E-state index is 13.0. The van der Waals surface area contributed by atoms with E-state index in [1.54, 1.807) is 0 Å². The minimum Gasteiger partial charge on any atom is -0.481 e. The smallest absolute Gasteiger partial charge is 0.305 e. The van der Waals surface area contributed by atoms with Crippen LogP contribution >= 0.6 is 0 Å². The maximum Gasteiger partial charge on any atom is 0.305 e. The Morgan fingerprint density at radius 3 is 1.93 bits per heavy atom. The van der Waals surface area contributed by atoms with E-state index in [1.807, 2.05) is 5.22 Å². The Kier molecular flexibility index (Phi) is 26.2. The molecule has 0 aromatic carbocycles. The number of carbonyl (C=O) groups excluding carboxylic acids is 3. The van der Waals surface area contributed by atoms with Crippen LogP contribution < -0.4 is 31.5 Å². The van der Waals surface area contributed by atoms with Crippen LogP contribution in [-0.2, 0) is 38.1 Å². The highest BCUT2D eigenvalue weighted by molar-refractivity contribution is 5.91. The second-order valence-corrected chi connectivity index (χ2v) is 9.19. The molecule has 0 aliphatic rings. The molecule has 0 aliphatic heterocycles.